The summed E-state index contributed by atoms with van der Waals surface area (Å²) < 4.78 is 5.50. The molecule has 0 bridgehead atoms. The number of aryl methyl sites for hydroxylation is 1. The minimum absolute atomic E-state index is 0.0260. The molecule has 4 rings (SSSR count). The number of fused-ring (bicyclic) bond motifs is 3. The number of rotatable bonds is 5. The Hall–Kier alpha value is -4.11. The number of nitrogens with zero attached hydrogens (tertiary/aromatic N) is 1. The van der Waals surface area contributed by atoms with E-state index >= 15 is 0 Å². The smallest absolute Gasteiger partial charge is 0.407 e. The molecule has 0 heterocycles. The Morgan fingerprint density at radius 1 is 1.06 bits per heavy atom. The first-order valence-corrected chi connectivity index (χ1v) is 10.4. The molecular formula is C26H22N2O4. The summed E-state index contributed by atoms with van der Waals surface area (Å²) in [4.78, 5) is 22.5. The number of non-ortho nitro benzene ring substituents is 1. The topological polar surface area (TPSA) is 81.5 Å². The van der Waals surface area contributed by atoms with E-state index in [1.807, 2.05) is 24.3 Å². The van der Waals surface area contributed by atoms with Crippen molar-refractivity contribution in [1.82, 2.24) is 5.32 Å². The van der Waals surface area contributed by atoms with E-state index in [-0.39, 0.29) is 18.2 Å². The van der Waals surface area contributed by atoms with Crippen LogP contribution in [0.15, 0.2) is 66.7 Å². The van der Waals surface area contributed by atoms with Crippen molar-refractivity contribution in [2.75, 3.05) is 13.2 Å². The lowest BCUT2D eigenvalue weighted by Crippen LogP contribution is -2.26. The number of nitro groups is 1. The first-order valence-electron chi connectivity index (χ1n) is 10.4. The van der Waals surface area contributed by atoms with E-state index in [9.17, 15) is 14.9 Å². The molecule has 0 spiro atoms. The highest BCUT2D eigenvalue weighted by Crippen LogP contribution is 2.44. The van der Waals surface area contributed by atoms with Crippen molar-refractivity contribution in [1.29, 1.82) is 0 Å². The molecule has 6 nitrogen and oxygen atoms in total. The lowest BCUT2D eigenvalue weighted by atomic mass is 9.98. The van der Waals surface area contributed by atoms with Crippen molar-refractivity contribution in [2.45, 2.75) is 19.3 Å². The molecule has 1 aliphatic rings. The quantitative estimate of drug-likeness (QED) is 0.264. The normalized spacial score (nSPS) is 11.7. The van der Waals surface area contributed by atoms with Crippen molar-refractivity contribution in [3.05, 3.63) is 99.1 Å². The second-order valence-corrected chi connectivity index (χ2v) is 7.56. The molecule has 1 amide bonds. The van der Waals surface area contributed by atoms with Gasteiger partial charge in [-0.25, -0.2) is 4.79 Å². The zero-order valence-corrected chi connectivity index (χ0v) is 17.6. The Bertz CT molecular complexity index is 1190. The van der Waals surface area contributed by atoms with Crippen molar-refractivity contribution < 1.29 is 14.5 Å². The zero-order valence-electron chi connectivity index (χ0n) is 17.6. The van der Waals surface area contributed by atoms with Crippen LogP contribution in [0.2, 0.25) is 0 Å². The van der Waals surface area contributed by atoms with Crippen LogP contribution in [-0.2, 0) is 4.74 Å². The van der Waals surface area contributed by atoms with Gasteiger partial charge in [-0.2, -0.15) is 0 Å². The Balaban J connectivity index is 1.28. The number of hydrogen-bond acceptors (Lipinski definition) is 4. The summed E-state index contributed by atoms with van der Waals surface area (Å²) >= 11 is 0. The van der Waals surface area contributed by atoms with Gasteiger partial charge in [0.05, 0.1) is 4.92 Å². The Labute approximate surface area is 186 Å². The molecule has 6 heteroatoms. The van der Waals surface area contributed by atoms with E-state index in [4.69, 9.17) is 4.74 Å². The molecule has 0 radical (unpaired) electrons. The Kier molecular flexibility index (Phi) is 6.18. The standard InChI is InChI=1S/C26H22N2O4/c1-18-16-20(28(30)31)14-13-19(18)8-6-7-15-27-26(29)32-17-25-23-11-4-2-9-21(23)22-10-3-5-12-24(22)25/h2-5,9-14,16,25H,7,15,17H2,1H3,(H,27,29). The lowest BCUT2D eigenvalue weighted by Gasteiger charge is -2.14. The molecule has 3 aromatic carbocycles. The Morgan fingerprint density at radius 3 is 2.34 bits per heavy atom. The maximum Gasteiger partial charge on any atom is 0.407 e. The van der Waals surface area contributed by atoms with Gasteiger partial charge in [-0.15, -0.1) is 0 Å². The summed E-state index contributed by atoms with van der Waals surface area (Å²) in [6.45, 7) is 2.41. The van der Waals surface area contributed by atoms with Crippen LogP contribution in [-0.4, -0.2) is 24.2 Å². The summed E-state index contributed by atoms with van der Waals surface area (Å²) in [5.41, 5.74) is 6.25. The summed E-state index contributed by atoms with van der Waals surface area (Å²) in [6, 6.07) is 21.0. The molecule has 0 saturated heterocycles. The van der Waals surface area contributed by atoms with Gasteiger partial charge in [0, 0.05) is 36.6 Å². The number of carbonyl (C=O) groups is 1. The fourth-order valence-corrected chi connectivity index (χ4v) is 3.94. The molecule has 0 atom stereocenters. The largest absolute Gasteiger partial charge is 0.449 e. The van der Waals surface area contributed by atoms with Gasteiger partial charge >= 0.3 is 6.09 Å². The molecule has 32 heavy (non-hydrogen) atoms. The summed E-state index contributed by atoms with van der Waals surface area (Å²) in [6.07, 6.45) is -0.0270. The van der Waals surface area contributed by atoms with Crippen molar-refractivity contribution in [3.8, 4) is 23.0 Å². The van der Waals surface area contributed by atoms with Crippen molar-refractivity contribution in [3.63, 3.8) is 0 Å². The summed E-state index contributed by atoms with van der Waals surface area (Å²) in [5.74, 6) is 5.99. The summed E-state index contributed by atoms with van der Waals surface area (Å²) in [5, 5.41) is 13.5. The van der Waals surface area contributed by atoms with Crippen molar-refractivity contribution >= 4 is 11.8 Å². The van der Waals surface area contributed by atoms with Gasteiger partial charge < -0.3 is 10.1 Å². The second kappa shape index (κ2) is 9.36. The number of amides is 1. The first kappa shape index (κ1) is 21.1. The SMILES string of the molecule is Cc1cc([N+](=O)[O-])ccc1C#CCCNC(=O)OCC1c2ccccc2-c2ccccc21. The number of ether oxygens (including phenoxy) is 1. The van der Waals surface area contributed by atoms with Crippen LogP contribution in [0.4, 0.5) is 10.5 Å². The fraction of sp³-hybridized carbons (Fsp3) is 0.192. The van der Waals surface area contributed by atoms with Crippen LogP contribution >= 0.6 is 0 Å². The molecular weight excluding hydrogens is 404 g/mol. The second-order valence-electron chi connectivity index (χ2n) is 7.56. The van der Waals surface area contributed by atoms with Crippen LogP contribution in [0.25, 0.3) is 11.1 Å². The van der Waals surface area contributed by atoms with E-state index in [0.717, 1.165) is 11.1 Å². The molecule has 160 valence electrons. The highest BCUT2D eigenvalue weighted by molar-refractivity contribution is 5.79. The van der Waals surface area contributed by atoms with Crippen molar-refractivity contribution in [2.24, 2.45) is 0 Å². The van der Waals surface area contributed by atoms with Crippen LogP contribution < -0.4 is 5.32 Å². The molecule has 1 N–H and O–H groups in total. The van der Waals surface area contributed by atoms with Gasteiger partial charge in [0.15, 0.2) is 0 Å². The maximum atomic E-state index is 12.2. The Morgan fingerprint density at radius 2 is 1.72 bits per heavy atom. The average molecular weight is 426 g/mol. The predicted octanol–water partition coefficient (Wildman–Crippen LogP) is 5.18. The number of nitro benzene ring substituents is 1. The van der Waals surface area contributed by atoms with Gasteiger partial charge in [-0.3, -0.25) is 10.1 Å². The third-order valence-electron chi connectivity index (χ3n) is 5.51. The molecule has 0 saturated carbocycles. The predicted molar refractivity (Wildman–Crippen MR) is 122 cm³/mol. The molecule has 0 fully saturated rings. The number of alkyl carbamates (subject to hydrolysis) is 1. The fourth-order valence-electron chi connectivity index (χ4n) is 3.94. The lowest BCUT2D eigenvalue weighted by molar-refractivity contribution is -0.384. The van der Waals surface area contributed by atoms with E-state index in [2.05, 4.69) is 41.4 Å². The van der Waals surface area contributed by atoms with E-state index in [0.29, 0.717) is 13.0 Å². The van der Waals surface area contributed by atoms with Gasteiger partial charge in [0.2, 0.25) is 0 Å². The van der Waals surface area contributed by atoms with Gasteiger partial charge in [0.1, 0.15) is 6.61 Å². The van der Waals surface area contributed by atoms with E-state index in [1.54, 1.807) is 13.0 Å². The number of carbonyl (C=O) groups excluding carboxylic acids is 1. The molecule has 1 aliphatic carbocycles. The molecule has 0 aliphatic heterocycles. The van der Waals surface area contributed by atoms with Gasteiger partial charge in [-0.1, -0.05) is 60.4 Å². The minimum atomic E-state index is -0.472. The molecule has 0 aromatic heterocycles. The van der Waals surface area contributed by atoms with E-state index < -0.39 is 11.0 Å². The first-order chi connectivity index (χ1) is 15.5. The third kappa shape index (κ3) is 4.47. The monoisotopic (exact) mass is 426 g/mol. The van der Waals surface area contributed by atoms with Gasteiger partial charge in [-0.05, 0) is 40.8 Å². The van der Waals surface area contributed by atoms with E-state index in [1.165, 1.54) is 34.4 Å². The van der Waals surface area contributed by atoms with Crippen LogP contribution in [0, 0.1) is 28.9 Å². The maximum absolute atomic E-state index is 12.2. The summed E-state index contributed by atoms with van der Waals surface area (Å²) in [7, 11) is 0. The number of nitrogens with one attached hydrogen (secondary N) is 1. The minimum Gasteiger partial charge on any atom is -0.449 e. The highest BCUT2D eigenvalue weighted by atomic mass is 16.6. The number of benzene rings is 3. The van der Waals surface area contributed by atoms with Crippen LogP contribution in [0.3, 0.4) is 0 Å². The third-order valence-corrected chi connectivity index (χ3v) is 5.51. The zero-order chi connectivity index (χ0) is 22.5. The average Bonchev–Trinajstić information content (AvgIpc) is 3.12. The molecule has 3 aromatic rings. The van der Waals surface area contributed by atoms with Crippen LogP contribution in [0.5, 0.6) is 0 Å². The highest BCUT2D eigenvalue weighted by Gasteiger charge is 2.28. The van der Waals surface area contributed by atoms with Gasteiger partial charge in [0.25, 0.3) is 5.69 Å². The van der Waals surface area contributed by atoms with Crippen LogP contribution in [0.1, 0.15) is 34.6 Å². The molecule has 0 unspecified atom stereocenters. The number of hydrogen-bond donors (Lipinski definition) is 1.